The number of hydrogen-bond acceptors (Lipinski definition) is 4. The van der Waals surface area contributed by atoms with Crippen molar-refractivity contribution in [3.8, 4) is 16.9 Å². The summed E-state index contributed by atoms with van der Waals surface area (Å²) in [5, 5.41) is 9.29. The summed E-state index contributed by atoms with van der Waals surface area (Å²) in [5.74, 6) is -0.255. The van der Waals surface area contributed by atoms with Gasteiger partial charge in [-0.05, 0) is 29.8 Å². The number of hydrogen-bond donors (Lipinski definition) is 2. The molecule has 5 heteroatoms. The van der Waals surface area contributed by atoms with Gasteiger partial charge in [0, 0.05) is 15.7 Å². The molecule has 0 unspecified atom stereocenters. The molecule has 0 aromatic heterocycles. The molecule has 0 heterocycles. The molecule has 0 radical (unpaired) electrons. The molecule has 0 spiro atoms. The Morgan fingerprint density at radius 1 is 1.26 bits per heavy atom. The summed E-state index contributed by atoms with van der Waals surface area (Å²) in [6.45, 7) is 0. The molecule has 0 fully saturated rings. The topological polar surface area (TPSA) is 72.5 Å². The number of phenols is 1. The lowest BCUT2D eigenvalue weighted by Gasteiger charge is -2.11. The first kappa shape index (κ1) is 13.4. The largest absolute Gasteiger partial charge is 0.508 e. The third-order valence-electron chi connectivity index (χ3n) is 2.70. The van der Waals surface area contributed by atoms with E-state index in [1.54, 1.807) is 36.4 Å². The number of ether oxygens (including phenoxy) is 1. The summed E-state index contributed by atoms with van der Waals surface area (Å²) < 4.78 is 5.35. The van der Waals surface area contributed by atoms with Crippen LogP contribution in [0.2, 0.25) is 0 Å². The molecule has 3 N–H and O–H groups in total. The molecule has 0 saturated carbocycles. The number of benzene rings is 2. The van der Waals surface area contributed by atoms with Crippen LogP contribution in [-0.4, -0.2) is 18.2 Å². The number of rotatable bonds is 2. The maximum atomic E-state index is 11.5. The third-order valence-corrected chi connectivity index (χ3v) is 3.32. The van der Waals surface area contributed by atoms with E-state index in [0.29, 0.717) is 15.7 Å². The number of nitrogen functional groups attached to an aromatic ring is 1. The molecule has 2 aromatic rings. The normalized spacial score (nSPS) is 10.2. The Bertz CT molecular complexity index is 600. The first-order valence-electron chi connectivity index (χ1n) is 5.49. The Balaban J connectivity index is 2.53. The zero-order valence-electron chi connectivity index (χ0n) is 10.2. The highest BCUT2D eigenvalue weighted by molar-refractivity contribution is 9.10. The van der Waals surface area contributed by atoms with E-state index in [0.717, 1.165) is 11.1 Å². The summed E-state index contributed by atoms with van der Waals surface area (Å²) in [6, 6.07) is 9.89. The van der Waals surface area contributed by atoms with Crippen molar-refractivity contribution in [1.29, 1.82) is 0 Å². The Morgan fingerprint density at radius 2 is 1.89 bits per heavy atom. The Kier molecular flexibility index (Phi) is 3.76. The molecule has 0 atom stereocenters. The van der Waals surface area contributed by atoms with Gasteiger partial charge in [-0.1, -0.05) is 28.1 Å². The van der Waals surface area contributed by atoms with Crippen LogP contribution >= 0.6 is 15.9 Å². The lowest BCUT2D eigenvalue weighted by atomic mass is 10.0. The summed E-state index contributed by atoms with van der Waals surface area (Å²) in [4.78, 5) is 11.5. The highest BCUT2D eigenvalue weighted by Gasteiger charge is 2.13. The van der Waals surface area contributed by atoms with Crippen LogP contribution in [0.1, 0.15) is 10.4 Å². The smallest absolute Gasteiger partial charge is 0.337 e. The number of methoxy groups -OCH3 is 1. The summed E-state index contributed by atoms with van der Waals surface area (Å²) in [6.07, 6.45) is 0. The highest BCUT2D eigenvalue weighted by atomic mass is 79.9. The third kappa shape index (κ3) is 2.71. The van der Waals surface area contributed by atoms with Gasteiger partial charge in [0.1, 0.15) is 5.75 Å². The van der Waals surface area contributed by atoms with E-state index >= 15 is 0 Å². The maximum absolute atomic E-state index is 11.5. The first-order valence-corrected chi connectivity index (χ1v) is 6.29. The van der Waals surface area contributed by atoms with Crippen molar-refractivity contribution in [3.05, 3.63) is 46.4 Å². The molecule has 0 aliphatic rings. The van der Waals surface area contributed by atoms with E-state index in [2.05, 4.69) is 20.7 Å². The molecule has 98 valence electrons. The molecule has 0 amide bonds. The Labute approximate surface area is 118 Å². The zero-order valence-corrected chi connectivity index (χ0v) is 11.8. The van der Waals surface area contributed by atoms with Crippen LogP contribution < -0.4 is 5.73 Å². The number of esters is 1. The number of aromatic hydroxyl groups is 1. The van der Waals surface area contributed by atoms with Crippen LogP contribution in [0.4, 0.5) is 5.69 Å². The summed E-state index contributed by atoms with van der Waals surface area (Å²) >= 11 is 3.40. The van der Waals surface area contributed by atoms with Gasteiger partial charge in [0.15, 0.2) is 0 Å². The molecule has 0 saturated heterocycles. The van der Waals surface area contributed by atoms with Crippen molar-refractivity contribution < 1.29 is 14.6 Å². The highest BCUT2D eigenvalue weighted by Crippen LogP contribution is 2.35. The van der Waals surface area contributed by atoms with Crippen molar-refractivity contribution in [2.24, 2.45) is 0 Å². The average Bonchev–Trinajstić information content (AvgIpc) is 2.39. The zero-order chi connectivity index (χ0) is 14.0. The number of anilines is 1. The fourth-order valence-corrected chi connectivity index (χ4v) is 2.50. The second-order valence-corrected chi connectivity index (χ2v) is 4.82. The first-order chi connectivity index (χ1) is 9.02. The molecular formula is C14H12BrNO3. The minimum Gasteiger partial charge on any atom is -0.508 e. The fourth-order valence-electron chi connectivity index (χ4n) is 1.80. The Morgan fingerprint density at radius 3 is 2.42 bits per heavy atom. The van der Waals surface area contributed by atoms with Crippen LogP contribution in [0.5, 0.6) is 5.75 Å². The molecule has 0 aliphatic carbocycles. The number of carbonyl (C=O) groups excluding carboxylic acids is 1. The van der Waals surface area contributed by atoms with Gasteiger partial charge in [-0.3, -0.25) is 0 Å². The SMILES string of the molecule is COC(=O)c1cc(N)c(-c2ccc(O)cc2)c(Br)c1. The van der Waals surface area contributed by atoms with Crippen LogP contribution in [0.25, 0.3) is 11.1 Å². The second kappa shape index (κ2) is 5.32. The lowest BCUT2D eigenvalue weighted by molar-refractivity contribution is 0.0600. The van der Waals surface area contributed by atoms with E-state index in [1.165, 1.54) is 7.11 Å². The van der Waals surface area contributed by atoms with Crippen molar-refractivity contribution in [2.75, 3.05) is 12.8 Å². The standard InChI is InChI=1S/C14H12BrNO3/c1-19-14(18)9-6-11(15)13(12(16)7-9)8-2-4-10(17)5-3-8/h2-7,17H,16H2,1H3. The quantitative estimate of drug-likeness (QED) is 0.658. The Hall–Kier alpha value is -2.01. The second-order valence-electron chi connectivity index (χ2n) is 3.96. The van der Waals surface area contributed by atoms with E-state index in [4.69, 9.17) is 5.73 Å². The van der Waals surface area contributed by atoms with Crippen molar-refractivity contribution in [3.63, 3.8) is 0 Å². The molecule has 2 rings (SSSR count). The van der Waals surface area contributed by atoms with Crippen LogP contribution in [0.3, 0.4) is 0 Å². The van der Waals surface area contributed by atoms with E-state index in [9.17, 15) is 9.90 Å². The number of halogens is 1. The van der Waals surface area contributed by atoms with Crippen LogP contribution in [-0.2, 0) is 4.74 Å². The van der Waals surface area contributed by atoms with Gasteiger partial charge in [0.05, 0.1) is 12.7 Å². The average molecular weight is 322 g/mol. The molecule has 2 aromatic carbocycles. The molecule has 4 nitrogen and oxygen atoms in total. The van der Waals surface area contributed by atoms with Crippen LogP contribution in [0, 0.1) is 0 Å². The number of carbonyl (C=O) groups is 1. The van der Waals surface area contributed by atoms with Crippen molar-refractivity contribution in [1.82, 2.24) is 0 Å². The van der Waals surface area contributed by atoms with E-state index in [1.807, 2.05) is 0 Å². The molecular weight excluding hydrogens is 310 g/mol. The van der Waals surface area contributed by atoms with E-state index in [-0.39, 0.29) is 5.75 Å². The lowest BCUT2D eigenvalue weighted by Crippen LogP contribution is -2.03. The maximum Gasteiger partial charge on any atom is 0.337 e. The van der Waals surface area contributed by atoms with Crippen LogP contribution in [0.15, 0.2) is 40.9 Å². The summed E-state index contributed by atoms with van der Waals surface area (Å²) in [7, 11) is 1.32. The van der Waals surface area contributed by atoms with Gasteiger partial charge in [-0.2, -0.15) is 0 Å². The molecule has 0 aliphatic heterocycles. The summed E-state index contributed by atoms with van der Waals surface area (Å²) in [5.41, 5.74) is 8.44. The van der Waals surface area contributed by atoms with Gasteiger partial charge in [-0.25, -0.2) is 4.79 Å². The van der Waals surface area contributed by atoms with Gasteiger partial charge in [-0.15, -0.1) is 0 Å². The van der Waals surface area contributed by atoms with Gasteiger partial charge >= 0.3 is 5.97 Å². The molecule has 19 heavy (non-hydrogen) atoms. The molecule has 0 bridgehead atoms. The van der Waals surface area contributed by atoms with E-state index < -0.39 is 5.97 Å². The van der Waals surface area contributed by atoms with Gasteiger partial charge < -0.3 is 15.6 Å². The van der Waals surface area contributed by atoms with Crippen molar-refractivity contribution >= 4 is 27.6 Å². The number of nitrogens with two attached hydrogens (primary N) is 1. The van der Waals surface area contributed by atoms with Gasteiger partial charge in [0.25, 0.3) is 0 Å². The minimum absolute atomic E-state index is 0.185. The monoisotopic (exact) mass is 321 g/mol. The van der Waals surface area contributed by atoms with Gasteiger partial charge in [0.2, 0.25) is 0 Å². The fraction of sp³-hybridized carbons (Fsp3) is 0.0714. The predicted molar refractivity (Wildman–Crippen MR) is 77.0 cm³/mol. The minimum atomic E-state index is -0.440. The number of phenolic OH excluding ortho intramolecular Hbond substituents is 1. The predicted octanol–water partition coefficient (Wildman–Crippen LogP) is 3.19. The van der Waals surface area contributed by atoms with Crippen molar-refractivity contribution in [2.45, 2.75) is 0 Å².